The monoisotopic (exact) mass is 474 g/mol. The van der Waals surface area contributed by atoms with Crippen LogP contribution in [-0.4, -0.2) is 6.16 Å². The van der Waals surface area contributed by atoms with E-state index in [0.29, 0.717) is 11.8 Å². The molecule has 0 fully saturated rings. The van der Waals surface area contributed by atoms with Crippen LogP contribution >= 0.6 is 7.26 Å². The minimum atomic E-state index is -1.66. The largest absolute Gasteiger partial charge is 1.00 e. The van der Waals surface area contributed by atoms with E-state index in [0.717, 1.165) is 0 Å². The van der Waals surface area contributed by atoms with Gasteiger partial charge in [0.1, 0.15) is 23.2 Å². The van der Waals surface area contributed by atoms with E-state index in [4.69, 9.17) is 0 Å². The van der Waals surface area contributed by atoms with E-state index >= 15 is 0 Å². The smallest absolute Gasteiger partial charge is 0.112 e. The normalized spacial score (nSPS) is 12.5. The molecule has 2 heteroatoms. The molecule has 3 rings (SSSR count). The second-order valence-electron chi connectivity index (χ2n) is 7.22. The molecule has 0 aliphatic rings. The molecule has 1 atom stereocenters. The molecule has 26 heavy (non-hydrogen) atoms. The zero-order valence-electron chi connectivity index (χ0n) is 15.8. The molecular formula is C24H28IP. The van der Waals surface area contributed by atoms with Gasteiger partial charge in [0.25, 0.3) is 0 Å². The van der Waals surface area contributed by atoms with Crippen molar-refractivity contribution in [1.29, 1.82) is 0 Å². The number of halogens is 1. The van der Waals surface area contributed by atoms with Crippen LogP contribution in [0.4, 0.5) is 0 Å². The van der Waals surface area contributed by atoms with Crippen molar-refractivity contribution in [2.75, 3.05) is 6.16 Å². The first-order valence-electron chi connectivity index (χ1n) is 9.19. The van der Waals surface area contributed by atoms with E-state index in [9.17, 15) is 0 Å². The van der Waals surface area contributed by atoms with Crippen LogP contribution in [0.1, 0.15) is 20.8 Å². The Kier molecular flexibility index (Phi) is 7.85. The van der Waals surface area contributed by atoms with E-state index in [1.54, 1.807) is 0 Å². The Hall–Kier alpha value is -1.18. The van der Waals surface area contributed by atoms with Crippen molar-refractivity contribution >= 4 is 23.2 Å². The minimum absolute atomic E-state index is 0. The molecule has 0 aromatic heterocycles. The zero-order valence-corrected chi connectivity index (χ0v) is 18.9. The SMILES string of the molecule is CC(C)[C@@H](C)C[P+](c1ccccc1)(c1ccccc1)c1ccccc1.[I-]. The Morgan fingerprint density at radius 2 is 0.885 bits per heavy atom. The first-order valence-corrected chi connectivity index (χ1v) is 11.2. The highest BCUT2D eigenvalue weighted by Gasteiger charge is 2.46. The lowest BCUT2D eigenvalue weighted by Crippen LogP contribution is -3.00. The van der Waals surface area contributed by atoms with Gasteiger partial charge in [0.05, 0.1) is 6.16 Å². The van der Waals surface area contributed by atoms with E-state index in [1.807, 2.05) is 0 Å². The van der Waals surface area contributed by atoms with Crippen molar-refractivity contribution in [1.82, 2.24) is 0 Å². The van der Waals surface area contributed by atoms with Crippen LogP contribution in [0.15, 0.2) is 91.0 Å². The third-order valence-electron chi connectivity index (χ3n) is 5.29. The fraction of sp³-hybridized carbons (Fsp3) is 0.250. The molecule has 0 amide bonds. The second-order valence-corrected chi connectivity index (χ2v) is 10.8. The third kappa shape index (κ3) is 4.38. The summed E-state index contributed by atoms with van der Waals surface area (Å²) >= 11 is 0. The maximum atomic E-state index is 2.41. The molecule has 0 heterocycles. The van der Waals surface area contributed by atoms with E-state index in [2.05, 4.69) is 112 Å². The highest BCUT2D eigenvalue weighted by atomic mass is 127. The summed E-state index contributed by atoms with van der Waals surface area (Å²) < 4.78 is 0. The Balaban J connectivity index is 0.00000243. The molecule has 3 aromatic rings. The lowest BCUT2D eigenvalue weighted by Gasteiger charge is -2.31. The number of hydrogen-bond acceptors (Lipinski definition) is 0. The Morgan fingerprint density at radius 1 is 0.577 bits per heavy atom. The predicted molar refractivity (Wildman–Crippen MR) is 114 cm³/mol. The molecule has 0 spiro atoms. The molecular weight excluding hydrogens is 446 g/mol. The van der Waals surface area contributed by atoms with Gasteiger partial charge in [-0.2, -0.15) is 0 Å². The van der Waals surface area contributed by atoms with Gasteiger partial charge < -0.3 is 24.0 Å². The van der Waals surface area contributed by atoms with Crippen molar-refractivity contribution in [3.8, 4) is 0 Å². The van der Waals surface area contributed by atoms with Gasteiger partial charge >= 0.3 is 0 Å². The van der Waals surface area contributed by atoms with Gasteiger partial charge in [-0.25, -0.2) is 0 Å². The maximum absolute atomic E-state index is 2.41. The van der Waals surface area contributed by atoms with Crippen LogP contribution in [0.3, 0.4) is 0 Å². The van der Waals surface area contributed by atoms with Crippen LogP contribution in [0.25, 0.3) is 0 Å². The fourth-order valence-corrected chi connectivity index (χ4v) is 8.31. The number of hydrogen-bond donors (Lipinski definition) is 0. The molecule has 3 aromatic carbocycles. The molecule has 0 bridgehead atoms. The van der Waals surface area contributed by atoms with Gasteiger partial charge in [-0.05, 0) is 48.2 Å². The lowest BCUT2D eigenvalue weighted by atomic mass is 10.0. The van der Waals surface area contributed by atoms with Crippen molar-refractivity contribution < 1.29 is 24.0 Å². The summed E-state index contributed by atoms with van der Waals surface area (Å²) in [5, 5.41) is 4.46. The quantitative estimate of drug-likeness (QED) is 0.380. The molecule has 0 radical (unpaired) electrons. The first-order chi connectivity index (χ1) is 12.1. The number of rotatable bonds is 6. The van der Waals surface area contributed by atoms with Crippen molar-refractivity contribution in [2.24, 2.45) is 11.8 Å². The molecule has 0 nitrogen and oxygen atoms in total. The molecule has 0 aliphatic carbocycles. The van der Waals surface area contributed by atoms with Gasteiger partial charge in [-0.3, -0.25) is 0 Å². The number of benzene rings is 3. The van der Waals surface area contributed by atoms with Crippen molar-refractivity contribution in [2.45, 2.75) is 20.8 Å². The van der Waals surface area contributed by atoms with Gasteiger partial charge in [0.2, 0.25) is 0 Å². The lowest BCUT2D eigenvalue weighted by molar-refractivity contribution is -0.00000513. The van der Waals surface area contributed by atoms with E-state index < -0.39 is 7.26 Å². The van der Waals surface area contributed by atoms with Crippen molar-refractivity contribution in [3.05, 3.63) is 91.0 Å². The summed E-state index contributed by atoms with van der Waals surface area (Å²) in [5.74, 6) is 1.34. The molecule has 0 saturated heterocycles. The molecule has 136 valence electrons. The zero-order chi connectivity index (χ0) is 17.7. The standard InChI is InChI=1S/C24H28P.HI/c1-20(2)21(3)19-25(22-13-7-4-8-14-22,23-15-9-5-10-16-23)24-17-11-6-12-18-24;/h4-18,20-21H,19H2,1-3H3;1H/q+1;/p-1/t21-;/m0./s1. The van der Waals surface area contributed by atoms with Gasteiger partial charge in [0, 0.05) is 0 Å². The average molecular weight is 474 g/mol. The summed E-state index contributed by atoms with van der Waals surface area (Å²) in [6, 6.07) is 33.5. The van der Waals surface area contributed by atoms with Gasteiger partial charge in [0.15, 0.2) is 0 Å². The summed E-state index contributed by atoms with van der Waals surface area (Å²) in [4.78, 5) is 0. The summed E-state index contributed by atoms with van der Waals surface area (Å²) in [7, 11) is -1.66. The van der Waals surface area contributed by atoms with E-state index in [1.165, 1.54) is 22.1 Å². The van der Waals surface area contributed by atoms with Crippen LogP contribution in [0.5, 0.6) is 0 Å². The maximum Gasteiger partial charge on any atom is 0.112 e. The highest BCUT2D eigenvalue weighted by molar-refractivity contribution is 7.95. The first kappa shape index (κ1) is 21.1. The minimum Gasteiger partial charge on any atom is -1.00 e. The Labute approximate surface area is 176 Å². The summed E-state index contributed by atoms with van der Waals surface area (Å²) in [6.45, 7) is 7.11. The van der Waals surface area contributed by atoms with Crippen molar-refractivity contribution in [3.63, 3.8) is 0 Å². The molecule has 0 N–H and O–H groups in total. The van der Waals surface area contributed by atoms with Crippen LogP contribution in [-0.2, 0) is 0 Å². The van der Waals surface area contributed by atoms with Crippen LogP contribution < -0.4 is 39.9 Å². The Morgan fingerprint density at radius 3 is 1.15 bits per heavy atom. The van der Waals surface area contributed by atoms with Crippen LogP contribution in [0.2, 0.25) is 0 Å². The molecule has 0 aliphatic heterocycles. The van der Waals surface area contributed by atoms with Crippen LogP contribution in [0, 0.1) is 11.8 Å². The summed E-state index contributed by atoms with van der Waals surface area (Å²) in [5.41, 5.74) is 0. The predicted octanol–water partition coefficient (Wildman–Crippen LogP) is 2.28. The summed E-state index contributed by atoms with van der Waals surface area (Å²) in [6.07, 6.45) is 1.21. The fourth-order valence-electron chi connectivity index (χ4n) is 3.45. The molecule has 0 unspecified atom stereocenters. The topological polar surface area (TPSA) is 0 Å². The molecule has 0 saturated carbocycles. The highest BCUT2D eigenvalue weighted by Crippen LogP contribution is 2.57. The Bertz CT molecular complexity index is 672. The third-order valence-corrected chi connectivity index (χ3v) is 9.95. The average Bonchev–Trinajstić information content (AvgIpc) is 2.68. The second kappa shape index (κ2) is 9.67. The van der Waals surface area contributed by atoms with Gasteiger partial charge in [-0.1, -0.05) is 75.4 Å². The van der Waals surface area contributed by atoms with Gasteiger partial charge in [-0.15, -0.1) is 0 Å². The van der Waals surface area contributed by atoms with E-state index in [-0.39, 0.29) is 24.0 Å².